The highest BCUT2D eigenvalue weighted by molar-refractivity contribution is 5.65. The van der Waals surface area contributed by atoms with Gasteiger partial charge in [-0.3, -0.25) is 0 Å². The van der Waals surface area contributed by atoms with Gasteiger partial charge in [-0.05, 0) is 43.3 Å². The zero-order chi connectivity index (χ0) is 22.2. The van der Waals surface area contributed by atoms with Crippen LogP contribution >= 0.6 is 0 Å². The van der Waals surface area contributed by atoms with Crippen LogP contribution in [0.1, 0.15) is 11.3 Å². The molecule has 0 fully saturated rings. The zero-order valence-electron chi connectivity index (χ0n) is 17.0. The summed E-state index contributed by atoms with van der Waals surface area (Å²) in [5.74, 6) is 1.32. The van der Waals surface area contributed by atoms with Crippen LogP contribution in [0, 0.1) is 6.92 Å². The molecule has 2 aromatic carbocycles. The van der Waals surface area contributed by atoms with E-state index < -0.39 is 11.7 Å². The van der Waals surface area contributed by atoms with Gasteiger partial charge in [-0.25, -0.2) is 9.67 Å². The molecule has 0 unspecified atom stereocenters. The number of ether oxygens (including phenoxy) is 1. The van der Waals surface area contributed by atoms with Crippen LogP contribution in [0.25, 0.3) is 17.1 Å². The standard InChI is InChI=1S/C21H19F3N6O/c1-13-11-30(12-25-13)17-8-7-14(9-18(17)31-3)19-27-20(29(2)28-19)26-16-6-4-5-15(10-16)21(22,23)24/h4-12H,1-3H3,(H,26,27,28). The third-order valence-electron chi connectivity index (χ3n) is 4.64. The lowest BCUT2D eigenvalue weighted by molar-refractivity contribution is -0.137. The Morgan fingerprint density at radius 2 is 1.90 bits per heavy atom. The van der Waals surface area contributed by atoms with Crippen molar-refractivity contribution in [1.29, 1.82) is 0 Å². The summed E-state index contributed by atoms with van der Waals surface area (Å²) in [6.45, 7) is 1.90. The number of anilines is 2. The van der Waals surface area contributed by atoms with Gasteiger partial charge in [0, 0.05) is 24.5 Å². The Morgan fingerprint density at radius 3 is 2.58 bits per heavy atom. The Kier molecular flexibility index (Phi) is 5.14. The van der Waals surface area contributed by atoms with E-state index in [1.165, 1.54) is 16.8 Å². The molecule has 4 rings (SSSR count). The number of alkyl halides is 3. The van der Waals surface area contributed by atoms with Gasteiger partial charge in [-0.2, -0.15) is 18.2 Å². The molecule has 160 valence electrons. The predicted molar refractivity (Wildman–Crippen MR) is 110 cm³/mol. The number of halogens is 3. The Morgan fingerprint density at radius 1 is 1.10 bits per heavy atom. The highest BCUT2D eigenvalue weighted by Gasteiger charge is 2.30. The quantitative estimate of drug-likeness (QED) is 0.497. The lowest BCUT2D eigenvalue weighted by Gasteiger charge is -2.10. The molecular formula is C21H19F3N6O. The van der Waals surface area contributed by atoms with E-state index in [9.17, 15) is 13.2 Å². The number of nitrogens with one attached hydrogen (secondary N) is 1. The van der Waals surface area contributed by atoms with Crippen molar-refractivity contribution in [2.45, 2.75) is 13.1 Å². The summed E-state index contributed by atoms with van der Waals surface area (Å²) in [6, 6.07) is 10.4. The maximum Gasteiger partial charge on any atom is 0.416 e. The van der Waals surface area contributed by atoms with E-state index >= 15 is 0 Å². The number of nitrogens with zero attached hydrogens (tertiary/aromatic N) is 5. The number of methoxy groups -OCH3 is 1. The first kappa shape index (κ1) is 20.5. The van der Waals surface area contributed by atoms with Crippen molar-refractivity contribution in [2.24, 2.45) is 7.05 Å². The first-order chi connectivity index (χ1) is 14.7. The summed E-state index contributed by atoms with van der Waals surface area (Å²) in [4.78, 5) is 8.66. The van der Waals surface area contributed by atoms with E-state index in [-0.39, 0.29) is 5.69 Å². The van der Waals surface area contributed by atoms with Gasteiger partial charge in [0.15, 0.2) is 5.82 Å². The van der Waals surface area contributed by atoms with Crippen molar-refractivity contribution in [2.75, 3.05) is 12.4 Å². The molecular weight excluding hydrogens is 409 g/mol. The van der Waals surface area contributed by atoms with Crippen molar-refractivity contribution in [3.63, 3.8) is 0 Å². The number of aromatic nitrogens is 5. The molecule has 2 heterocycles. The van der Waals surface area contributed by atoms with Crippen molar-refractivity contribution in [3.05, 3.63) is 66.2 Å². The van der Waals surface area contributed by atoms with Crippen LogP contribution < -0.4 is 10.1 Å². The number of hydrogen-bond acceptors (Lipinski definition) is 5. The lowest BCUT2D eigenvalue weighted by atomic mass is 10.1. The van der Waals surface area contributed by atoms with Crippen molar-refractivity contribution < 1.29 is 17.9 Å². The summed E-state index contributed by atoms with van der Waals surface area (Å²) in [5.41, 5.74) is 1.91. The third-order valence-corrected chi connectivity index (χ3v) is 4.64. The van der Waals surface area contributed by atoms with Gasteiger partial charge in [0.05, 0.1) is 30.4 Å². The van der Waals surface area contributed by atoms with E-state index in [1.807, 2.05) is 29.8 Å². The molecule has 2 aromatic heterocycles. The lowest BCUT2D eigenvalue weighted by Crippen LogP contribution is -2.06. The first-order valence-electron chi connectivity index (χ1n) is 9.29. The minimum absolute atomic E-state index is 0.264. The van der Waals surface area contributed by atoms with E-state index in [2.05, 4.69) is 20.4 Å². The fraction of sp³-hybridized carbons (Fsp3) is 0.190. The predicted octanol–water partition coefficient (Wildman–Crippen LogP) is 4.75. The van der Waals surface area contributed by atoms with Crippen LogP contribution in [-0.4, -0.2) is 31.4 Å². The minimum Gasteiger partial charge on any atom is -0.495 e. The van der Waals surface area contributed by atoms with Gasteiger partial charge in [-0.1, -0.05) is 6.07 Å². The molecule has 10 heteroatoms. The van der Waals surface area contributed by atoms with Gasteiger partial charge < -0.3 is 14.6 Å². The van der Waals surface area contributed by atoms with Crippen molar-refractivity contribution >= 4 is 11.6 Å². The molecule has 0 aliphatic heterocycles. The molecule has 0 saturated carbocycles. The summed E-state index contributed by atoms with van der Waals surface area (Å²) in [5, 5.41) is 7.27. The maximum atomic E-state index is 13.0. The largest absolute Gasteiger partial charge is 0.495 e. The highest BCUT2D eigenvalue weighted by Crippen LogP contribution is 2.32. The molecule has 0 aliphatic carbocycles. The normalized spacial score (nSPS) is 11.5. The summed E-state index contributed by atoms with van der Waals surface area (Å²) < 4.78 is 47.7. The number of imidazole rings is 1. The van der Waals surface area contributed by atoms with Gasteiger partial charge in [-0.15, -0.1) is 5.10 Å². The fourth-order valence-electron chi connectivity index (χ4n) is 3.10. The van der Waals surface area contributed by atoms with Crippen LogP contribution in [0.4, 0.5) is 24.8 Å². The van der Waals surface area contributed by atoms with Crippen LogP contribution in [0.5, 0.6) is 5.75 Å². The first-order valence-corrected chi connectivity index (χ1v) is 9.29. The van der Waals surface area contributed by atoms with Crippen molar-refractivity contribution in [3.8, 4) is 22.8 Å². The molecule has 0 radical (unpaired) electrons. The highest BCUT2D eigenvalue weighted by atomic mass is 19.4. The molecule has 0 amide bonds. The maximum absolute atomic E-state index is 13.0. The zero-order valence-corrected chi connectivity index (χ0v) is 17.0. The summed E-state index contributed by atoms with van der Waals surface area (Å²) in [6.07, 6.45) is -0.842. The van der Waals surface area contributed by atoms with Gasteiger partial charge in [0.25, 0.3) is 0 Å². The second-order valence-electron chi connectivity index (χ2n) is 6.90. The summed E-state index contributed by atoms with van der Waals surface area (Å²) >= 11 is 0. The van der Waals surface area contributed by atoms with Gasteiger partial charge in [0.2, 0.25) is 5.95 Å². The topological polar surface area (TPSA) is 69.8 Å². The van der Waals surface area contributed by atoms with E-state index in [0.29, 0.717) is 23.1 Å². The smallest absolute Gasteiger partial charge is 0.416 e. The van der Waals surface area contributed by atoms with Gasteiger partial charge >= 0.3 is 6.18 Å². The van der Waals surface area contributed by atoms with E-state index in [1.54, 1.807) is 26.6 Å². The van der Waals surface area contributed by atoms with Gasteiger partial charge in [0.1, 0.15) is 5.75 Å². The number of aryl methyl sites for hydroxylation is 2. The van der Waals surface area contributed by atoms with Crippen molar-refractivity contribution in [1.82, 2.24) is 24.3 Å². The molecule has 0 atom stereocenters. The molecule has 0 aliphatic rings. The number of hydrogen-bond donors (Lipinski definition) is 1. The van der Waals surface area contributed by atoms with E-state index in [0.717, 1.165) is 23.5 Å². The Balaban J connectivity index is 1.63. The second-order valence-corrected chi connectivity index (χ2v) is 6.90. The molecule has 31 heavy (non-hydrogen) atoms. The molecule has 7 nitrogen and oxygen atoms in total. The average Bonchev–Trinajstić information content (AvgIpc) is 3.33. The third kappa shape index (κ3) is 4.23. The number of benzene rings is 2. The van der Waals surface area contributed by atoms with Crippen LogP contribution in [0.15, 0.2) is 55.0 Å². The van der Waals surface area contributed by atoms with Crippen LogP contribution in [0.2, 0.25) is 0 Å². The average molecular weight is 428 g/mol. The molecule has 0 saturated heterocycles. The minimum atomic E-state index is -4.42. The van der Waals surface area contributed by atoms with Crippen LogP contribution in [-0.2, 0) is 13.2 Å². The molecule has 1 N–H and O–H groups in total. The number of rotatable bonds is 5. The molecule has 0 spiro atoms. The Bertz CT molecular complexity index is 1230. The van der Waals surface area contributed by atoms with E-state index in [4.69, 9.17) is 4.74 Å². The SMILES string of the molecule is COc1cc(-c2nc(Nc3cccc(C(F)(F)F)c3)n(C)n2)ccc1-n1cnc(C)c1. The second kappa shape index (κ2) is 7.78. The fourth-order valence-corrected chi connectivity index (χ4v) is 3.10. The van der Waals surface area contributed by atoms with Crippen LogP contribution in [0.3, 0.4) is 0 Å². The Labute approximate surface area is 176 Å². The Hall–Kier alpha value is -3.82. The monoisotopic (exact) mass is 428 g/mol. The molecule has 0 bridgehead atoms. The molecule has 4 aromatic rings. The summed E-state index contributed by atoms with van der Waals surface area (Å²) in [7, 11) is 3.23.